The maximum atomic E-state index is 11.0. The molecule has 168 valence electrons. The third-order valence-corrected chi connectivity index (χ3v) is 10.2. The van der Waals surface area contributed by atoms with Crippen LogP contribution in [0.4, 0.5) is 0 Å². The first-order valence-corrected chi connectivity index (χ1v) is 12.7. The van der Waals surface area contributed by atoms with Gasteiger partial charge in [0.2, 0.25) is 0 Å². The van der Waals surface area contributed by atoms with Gasteiger partial charge in [-0.15, -0.1) is 0 Å². The second-order valence-corrected chi connectivity index (χ2v) is 11.2. The van der Waals surface area contributed by atoms with Crippen LogP contribution >= 0.6 is 0 Å². The molecule has 0 radical (unpaired) electrons. The smallest absolute Gasteiger partial charge is 0.303 e. The summed E-state index contributed by atoms with van der Waals surface area (Å²) in [5.41, 5.74) is 0.882. The van der Waals surface area contributed by atoms with Gasteiger partial charge in [0.15, 0.2) is 0 Å². The molecule has 0 aliphatic heterocycles. The van der Waals surface area contributed by atoms with E-state index in [0.717, 1.165) is 42.9 Å². The van der Waals surface area contributed by atoms with E-state index in [1.54, 1.807) is 0 Å². The molecule has 0 aromatic carbocycles. The summed E-state index contributed by atoms with van der Waals surface area (Å²) in [5.74, 6) is 3.91. The van der Waals surface area contributed by atoms with Gasteiger partial charge in [-0.2, -0.15) is 0 Å². The Bertz CT molecular complexity index is 574. The molecule has 4 fully saturated rings. The van der Waals surface area contributed by atoms with Crippen LogP contribution in [-0.4, -0.2) is 22.3 Å². The van der Waals surface area contributed by atoms with E-state index < -0.39 is 5.97 Å². The lowest BCUT2D eigenvalue weighted by atomic mass is 9.44. The molecule has 6 unspecified atom stereocenters. The van der Waals surface area contributed by atoms with Gasteiger partial charge in [-0.25, -0.2) is 0 Å². The summed E-state index contributed by atoms with van der Waals surface area (Å²) >= 11 is 0. The van der Waals surface area contributed by atoms with Gasteiger partial charge in [0.1, 0.15) is 0 Å². The van der Waals surface area contributed by atoms with E-state index in [1.807, 2.05) is 13.8 Å². The van der Waals surface area contributed by atoms with Crippen molar-refractivity contribution in [3.8, 4) is 0 Å². The number of aliphatic carboxylic acids is 1. The van der Waals surface area contributed by atoms with Crippen LogP contribution in [0.2, 0.25) is 0 Å². The van der Waals surface area contributed by atoms with E-state index in [-0.39, 0.29) is 6.10 Å². The molecule has 3 nitrogen and oxygen atoms in total. The first-order valence-electron chi connectivity index (χ1n) is 12.7. The van der Waals surface area contributed by atoms with Crippen LogP contribution in [0, 0.1) is 46.3 Å². The number of hydrogen-bond donors (Lipinski definition) is 2. The summed E-state index contributed by atoms with van der Waals surface area (Å²) in [7, 11) is 0. The van der Waals surface area contributed by atoms with Crippen molar-refractivity contribution in [1.82, 2.24) is 0 Å². The van der Waals surface area contributed by atoms with E-state index >= 15 is 0 Å². The van der Waals surface area contributed by atoms with Crippen LogP contribution < -0.4 is 0 Å². The van der Waals surface area contributed by atoms with Crippen molar-refractivity contribution in [2.45, 2.75) is 111 Å². The highest BCUT2D eigenvalue weighted by Gasteiger charge is 2.60. The molecule has 4 aliphatic carbocycles. The number of rotatable bonds is 4. The number of carboxylic acid groups (broad SMARTS) is 1. The van der Waals surface area contributed by atoms with Crippen molar-refractivity contribution in [2.75, 3.05) is 0 Å². The molecule has 0 bridgehead atoms. The van der Waals surface area contributed by atoms with Gasteiger partial charge < -0.3 is 10.2 Å². The Morgan fingerprint density at radius 2 is 1.62 bits per heavy atom. The van der Waals surface area contributed by atoms with Crippen LogP contribution in [-0.2, 0) is 4.79 Å². The molecule has 0 aromatic rings. The Kier molecular flexibility index (Phi) is 7.08. The first kappa shape index (κ1) is 23.1. The van der Waals surface area contributed by atoms with Crippen molar-refractivity contribution in [1.29, 1.82) is 0 Å². The maximum absolute atomic E-state index is 11.0. The summed E-state index contributed by atoms with van der Waals surface area (Å²) < 4.78 is 0. The zero-order valence-corrected chi connectivity index (χ0v) is 19.6. The Labute approximate surface area is 179 Å². The number of aliphatic hydroxyl groups excluding tert-OH is 1. The van der Waals surface area contributed by atoms with E-state index in [1.165, 1.54) is 44.9 Å². The van der Waals surface area contributed by atoms with E-state index in [9.17, 15) is 9.90 Å². The minimum Gasteiger partial charge on any atom is -0.481 e. The fraction of sp³-hybridized carbons (Fsp3) is 0.962. The fourth-order valence-corrected chi connectivity index (χ4v) is 8.76. The molecule has 4 rings (SSSR count). The van der Waals surface area contributed by atoms with Gasteiger partial charge in [-0.05, 0) is 111 Å². The molecule has 0 saturated heterocycles. The predicted octanol–water partition coefficient (Wildman–Crippen LogP) is 6.53. The second kappa shape index (κ2) is 8.89. The average molecular weight is 407 g/mol. The molecule has 9 atom stereocenters. The Morgan fingerprint density at radius 3 is 2.31 bits per heavy atom. The number of carbonyl (C=O) groups is 1. The summed E-state index contributed by atoms with van der Waals surface area (Å²) in [6.45, 7) is 11.4. The van der Waals surface area contributed by atoms with Crippen LogP contribution in [0.1, 0.15) is 105 Å². The second-order valence-electron chi connectivity index (χ2n) is 11.2. The summed E-state index contributed by atoms with van der Waals surface area (Å²) in [6, 6.07) is 0. The molecule has 0 spiro atoms. The van der Waals surface area contributed by atoms with Crippen LogP contribution in [0.5, 0.6) is 0 Å². The van der Waals surface area contributed by atoms with E-state index in [2.05, 4.69) is 20.8 Å². The SMILES string of the molecule is CC.C[C@H](CCC(=O)O)[C@H]1CCC2C3CCC4C[C@H](O)CCC4(C)C3CCC21C. The minimum absolute atomic E-state index is 0.0561. The van der Waals surface area contributed by atoms with Gasteiger partial charge in [-0.3, -0.25) is 4.79 Å². The van der Waals surface area contributed by atoms with E-state index in [0.29, 0.717) is 29.1 Å². The quantitative estimate of drug-likeness (QED) is 0.558. The standard InChI is InChI=1S/C24H40O3.C2H6/c1-15(4-9-22(26)27)19-7-8-20-18-6-5-16-14-17(25)10-12-23(16,2)21(18)11-13-24(19,20)3;1-2/h15-21,25H,4-14H2,1-3H3,(H,26,27);1-2H3/t15-,16?,17-,18?,19-,20?,21?,23?,24?;/m1./s1. The van der Waals surface area contributed by atoms with Crippen molar-refractivity contribution in [2.24, 2.45) is 46.3 Å². The predicted molar refractivity (Wildman–Crippen MR) is 119 cm³/mol. The Morgan fingerprint density at radius 1 is 0.966 bits per heavy atom. The van der Waals surface area contributed by atoms with Crippen LogP contribution in [0.3, 0.4) is 0 Å². The lowest BCUT2D eigenvalue weighted by Crippen LogP contribution is -2.54. The van der Waals surface area contributed by atoms with Crippen LogP contribution in [0.25, 0.3) is 0 Å². The molecule has 0 heterocycles. The Balaban J connectivity index is 0.00000117. The minimum atomic E-state index is -0.643. The lowest BCUT2D eigenvalue weighted by Gasteiger charge is -2.61. The van der Waals surface area contributed by atoms with Crippen molar-refractivity contribution in [3.05, 3.63) is 0 Å². The third kappa shape index (κ3) is 4.02. The number of aliphatic hydroxyl groups is 1. The van der Waals surface area contributed by atoms with Gasteiger partial charge in [0.25, 0.3) is 0 Å². The summed E-state index contributed by atoms with van der Waals surface area (Å²) in [5, 5.41) is 19.3. The van der Waals surface area contributed by atoms with Gasteiger partial charge in [0.05, 0.1) is 6.10 Å². The molecule has 4 saturated carbocycles. The highest BCUT2D eigenvalue weighted by molar-refractivity contribution is 5.66. The monoisotopic (exact) mass is 406 g/mol. The summed E-state index contributed by atoms with van der Waals surface area (Å²) in [4.78, 5) is 11.0. The van der Waals surface area contributed by atoms with Crippen molar-refractivity contribution < 1.29 is 15.0 Å². The Hall–Kier alpha value is -0.570. The molecule has 0 amide bonds. The fourth-order valence-electron chi connectivity index (χ4n) is 8.76. The van der Waals surface area contributed by atoms with Crippen molar-refractivity contribution >= 4 is 5.97 Å². The maximum Gasteiger partial charge on any atom is 0.303 e. The third-order valence-electron chi connectivity index (χ3n) is 10.2. The molecule has 4 aliphatic rings. The largest absolute Gasteiger partial charge is 0.481 e. The normalized spacial score (nSPS) is 47.1. The van der Waals surface area contributed by atoms with Gasteiger partial charge in [-0.1, -0.05) is 34.6 Å². The molecule has 0 aromatic heterocycles. The number of fused-ring (bicyclic) bond motifs is 5. The lowest BCUT2D eigenvalue weighted by molar-refractivity contribution is -0.138. The molecule has 2 N–H and O–H groups in total. The van der Waals surface area contributed by atoms with Crippen molar-refractivity contribution in [3.63, 3.8) is 0 Å². The molecular weight excluding hydrogens is 360 g/mol. The zero-order valence-electron chi connectivity index (χ0n) is 19.6. The topological polar surface area (TPSA) is 57.5 Å². The number of hydrogen-bond acceptors (Lipinski definition) is 2. The number of carboxylic acids is 1. The molecule has 29 heavy (non-hydrogen) atoms. The molecular formula is C26H46O3. The van der Waals surface area contributed by atoms with E-state index in [4.69, 9.17) is 5.11 Å². The first-order chi connectivity index (χ1) is 13.8. The molecule has 3 heteroatoms. The summed E-state index contributed by atoms with van der Waals surface area (Å²) in [6.07, 6.45) is 12.4. The zero-order chi connectivity index (χ0) is 21.4. The highest BCUT2D eigenvalue weighted by Crippen LogP contribution is 2.68. The van der Waals surface area contributed by atoms with Gasteiger partial charge >= 0.3 is 5.97 Å². The van der Waals surface area contributed by atoms with Gasteiger partial charge in [0, 0.05) is 6.42 Å². The highest BCUT2D eigenvalue weighted by atomic mass is 16.4. The average Bonchev–Trinajstić information content (AvgIpc) is 3.05. The van der Waals surface area contributed by atoms with Crippen LogP contribution in [0.15, 0.2) is 0 Å².